The zero-order valence-corrected chi connectivity index (χ0v) is 22.1. The van der Waals surface area contributed by atoms with Gasteiger partial charge in [0.15, 0.2) is 0 Å². The number of carboxylic acids is 1. The molecule has 2 aromatic rings. The minimum Gasteiger partial charge on any atom is -0.660 e. The Labute approximate surface area is 226 Å². The summed E-state index contributed by atoms with van der Waals surface area (Å²) >= 11 is 1.57. The van der Waals surface area contributed by atoms with Gasteiger partial charge in [-0.2, -0.15) is 11.3 Å². The molecule has 5 rings (SSSR count). The minimum atomic E-state index is -1.08. The topological polar surface area (TPSA) is 156 Å². The van der Waals surface area contributed by atoms with Gasteiger partial charge in [-0.05, 0) is 35.9 Å². The first-order valence-corrected chi connectivity index (χ1v) is 12.7. The van der Waals surface area contributed by atoms with Crippen molar-refractivity contribution in [1.82, 2.24) is 4.98 Å². The third-order valence-corrected chi connectivity index (χ3v) is 6.90. The molecule has 11 heteroatoms. The van der Waals surface area contributed by atoms with E-state index in [1.54, 1.807) is 42.1 Å². The summed E-state index contributed by atoms with van der Waals surface area (Å²) in [6, 6.07) is 6.36. The molecule has 0 radical (unpaired) electrons. The summed E-state index contributed by atoms with van der Waals surface area (Å²) in [6.07, 6.45) is 13.0. The molecule has 200 valence electrons. The fourth-order valence-corrected chi connectivity index (χ4v) is 5.32. The average molecular weight is 558 g/mol. The number of piperidine rings is 2. The first kappa shape index (κ1) is 31.9. The van der Waals surface area contributed by atoms with E-state index >= 15 is 0 Å². The molecule has 2 saturated heterocycles. The Morgan fingerprint density at radius 3 is 2.11 bits per heavy atom. The monoisotopic (exact) mass is 557 g/mol. The van der Waals surface area contributed by atoms with Crippen molar-refractivity contribution in [3.05, 3.63) is 68.5 Å². The second-order valence-corrected chi connectivity index (χ2v) is 9.39. The number of carbonyl (C=O) groups excluding carboxylic acids is 2. The molecule has 36 heavy (non-hydrogen) atoms. The molecule has 2 N–H and O–H groups in total. The molecule has 0 bridgehead atoms. The van der Waals surface area contributed by atoms with E-state index in [4.69, 9.17) is 20.5 Å². The second kappa shape index (κ2) is 17.3. The van der Waals surface area contributed by atoms with Crippen LogP contribution in [0.5, 0.6) is 0 Å². The van der Waals surface area contributed by atoms with Crippen molar-refractivity contribution >= 4 is 29.4 Å². The molecular formula is C25H33N5NiO4S-2. The van der Waals surface area contributed by atoms with E-state index in [2.05, 4.69) is 15.5 Å². The van der Waals surface area contributed by atoms with Gasteiger partial charge in [0.2, 0.25) is 0 Å². The summed E-state index contributed by atoms with van der Waals surface area (Å²) in [5.41, 5.74) is 5.00. The van der Waals surface area contributed by atoms with E-state index < -0.39 is 5.97 Å². The Morgan fingerprint density at radius 2 is 1.61 bits per heavy atom. The number of aromatic nitrogens is 1. The van der Waals surface area contributed by atoms with E-state index in [9.17, 15) is 4.79 Å². The van der Waals surface area contributed by atoms with Crippen molar-refractivity contribution in [3.8, 4) is 0 Å². The second-order valence-electron chi connectivity index (χ2n) is 8.61. The zero-order chi connectivity index (χ0) is 24.2. The summed E-state index contributed by atoms with van der Waals surface area (Å²) in [5, 5.41) is 26.2. The molecule has 0 spiro atoms. The van der Waals surface area contributed by atoms with Crippen molar-refractivity contribution in [2.24, 2.45) is 16.9 Å². The number of aliphatic carboxylic acids is 1. The molecule has 4 heterocycles. The van der Waals surface area contributed by atoms with Crippen LogP contribution in [-0.4, -0.2) is 53.7 Å². The molecule has 9 nitrogen and oxygen atoms in total. The standard InChI is InChI=1S/C12H20N2.C11H9N3OS.C2H4O2.Ni.H2O/c1-3-9-5-6-10-4-2-8-14-12(10)11(9)13-7-1;15-11(10-1-4-12-5-2-10)14-13-7-9-3-6-16-8-9;1-2(3)4;;/h9-12H,1-8H2;1-8H,(H,14,15);1H3,(H,3,4);;1H2/q-2;;;+2;/p-2/b;13-7-;;;. The summed E-state index contributed by atoms with van der Waals surface area (Å²) in [5.74, 6) is 0.340. The van der Waals surface area contributed by atoms with Gasteiger partial charge in [0, 0.05) is 35.7 Å². The van der Waals surface area contributed by atoms with Crippen molar-refractivity contribution in [2.45, 2.75) is 57.5 Å². The summed E-state index contributed by atoms with van der Waals surface area (Å²) < 4.78 is 0. The summed E-state index contributed by atoms with van der Waals surface area (Å²) in [4.78, 5) is 24.2. The van der Waals surface area contributed by atoms with Gasteiger partial charge < -0.3 is 41.3 Å². The van der Waals surface area contributed by atoms with Crippen LogP contribution in [0.1, 0.15) is 61.4 Å². The van der Waals surface area contributed by atoms with E-state index in [1.807, 2.05) is 16.8 Å². The maximum Gasteiger partial charge on any atom is 2.00 e. The maximum atomic E-state index is 11.5. The van der Waals surface area contributed by atoms with Crippen LogP contribution in [0.15, 0.2) is 46.5 Å². The third-order valence-electron chi connectivity index (χ3n) is 6.20. The largest absolute Gasteiger partial charge is 2.00 e. The quantitative estimate of drug-likeness (QED) is 0.320. The van der Waals surface area contributed by atoms with Crippen molar-refractivity contribution in [3.63, 3.8) is 0 Å². The Bertz CT molecular complexity index is 890. The van der Waals surface area contributed by atoms with Crippen LogP contribution in [-0.2, 0) is 21.3 Å². The van der Waals surface area contributed by atoms with Gasteiger partial charge in [0.25, 0.3) is 0 Å². The van der Waals surface area contributed by atoms with Crippen molar-refractivity contribution < 1.29 is 36.7 Å². The van der Waals surface area contributed by atoms with E-state index in [0.29, 0.717) is 17.6 Å². The normalized spacial score (nSPS) is 24.0. The number of fused-ring (bicyclic) bond motifs is 3. The Kier molecular flexibility index (Phi) is 15.3. The molecule has 1 aliphatic carbocycles. The van der Waals surface area contributed by atoms with Gasteiger partial charge >= 0.3 is 16.5 Å². The van der Waals surface area contributed by atoms with Gasteiger partial charge in [0.1, 0.15) is 0 Å². The Hall–Kier alpha value is -2.17. The number of thiophene rings is 1. The number of amides is 1. The molecule has 4 unspecified atom stereocenters. The van der Waals surface area contributed by atoms with Gasteiger partial charge in [-0.15, -0.1) is 25.2 Å². The number of hydrogen-bond donors (Lipinski definition) is 0. The molecule has 1 saturated carbocycles. The number of carboxylic acid groups (broad SMARTS) is 1. The number of nitrogens with zero attached hydrogens (tertiary/aromatic N) is 5. The number of hydrogen-bond acceptors (Lipinski definition) is 6. The first-order chi connectivity index (χ1) is 16.5. The van der Waals surface area contributed by atoms with Crippen LogP contribution in [0.4, 0.5) is 0 Å². The number of carbonyl (C=O) groups is 2. The van der Waals surface area contributed by atoms with Crippen LogP contribution in [0, 0.1) is 11.8 Å². The van der Waals surface area contributed by atoms with Crippen LogP contribution in [0.2, 0.25) is 0 Å². The van der Waals surface area contributed by atoms with Gasteiger partial charge in [-0.1, -0.05) is 50.4 Å². The predicted molar refractivity (Wildman–Crippen MR) is 137 cm³/mol. The molecule has 2 aliphatic heterocycles. The number of rotatable bonds is 3. The Morgan fingerprint density at radius 1 is 1.06 bits per heavy atom. The van der Waals surface area contributed by atoms with E-state index in [1.165, 1.54) is 38.5 Å². The molecule has 0 aromatic carbocycles. The number of pyridine rings is 1. The SMILES string of the molecule is C1C[N-]C2C(C1)CCC1CCC[N-]C12.CC(=O)[O-].O.O=C([N-]/N=C\c1ccsc1)c1ccncc1.[Ni+2]. The third kappa shape index (κ3) is 10.4. The summed E-state index contributed by atoms with van der Waals surface area (Å²) in [7, 11) is 0. The summed E-state index contributed by atoms with van der Waals surface area (Å²) in [6.45, 7) is 3.19. The molecule has 2 aromatic heterocycles. The zero-order valence-electron chi connectivity index (χ0n) is 20.3. The molecule has 3 aliphatic rings. The molecule has 3 fully saturated rings. The van der Waals surface area contributed by atoms with E-state index in [-0.39, 0.29) is 27.9 Å². The van der Waals surface area contributed by atoms with Crippen LogP contribution in [0.25, 0.3) is 16.1 Å². The smallest absolute Gasteiger partial charge is 0.660 e. The Balaban J connectivity index is 0.000000301. The molecular weight excluding hydrogens is 525 g/mol. The van der Waals surface area contributed by atoms with Gasteiger partial charge in [-0.25, -0.2) is 0 Å². The van der Waals surface area contributed by atoms with Crippen LogP contribution >= 0.6 is 11.3 Å². The van der Waals surface area contributed by atoms with Crippen molar-refractivity contribution in [1.29, 1.82) is 0 Å². The molecule has 1 amide bonds. The average Bonchev–Trinajstić information content (AvgIpc) is 3.38. The maximum absolute atomic E-state index is 11.5. The van der Waals surface area contributed by atoms with Gasteiger partial charge in [0.05, 0.1) is 5.91 Å². The fourth-order valence-electron chi connectivity index (χ4n) is 4.71. The first-order valence-electron chi connectivity index (χ1n) is 11.8. The van der Waals surface area contributed by atoms with Crippen molar-refractivity contribution in [2.75, 3.05) is 13.1 Å². The van der Waals surface area contributed by atoms with Gasteiger partial charge in [-0.3, -0.25) is 4.98 Å². The fraction of sp³-hybridized carbons (Fsp3) is 0.520. The molecule has 4 atom stereocenters. The van der Waals surface area contributed by atoms with E-state index in [0.717, 1.165) is 37.4 Å². The van der Waals surface area contributed by atoms with Crippen LogP contribution in [0.3, 0.4) is 0 Å². The predicted octanol–water partition coefficient (Wildman–Crippen LogP) is 3.70. The van der Waals surface area contributed by atoms with Crippen LogP contribution < -0.4 is 5.11 Å². The minimum absolute atomic E-state index is 0.